The zero-order valence-corrected chi connectivity index (χ0v) is 13.3. The summed E-state index contributed by atoms with van der Waals surface area (Å²) in [6, 6.07) is 9.50. The molecule has 2 aromatic heterocycles. The summed E-state index contributed by atoms with van der Waals surface area (Å²) in [5.41, 5.74) is 2.53. The van der Waals surface area contributed by atoms with Crippen LogP contribution in [0.3, 0.4) is 0 Å². The van der Waals surface area contributed by atoms with Crippen molar-refractivity contribution in [3.8, 4) is 11.3 Å². The first kappa shape index (κ1) is 15.2. The van der Waals surface area contributed by atoms with Crippen molar-refractivity contribution < 1.29 is 9.18 Å². The highest BCUT2D eigenvalue weighted by Crippen LogP contribution is 2.21. The minimum atomic E-state index is -0.297. The molecule has 0 bridgehead atoms. The maximum atomic E-state index is 13.0. The van der Waals surface area contributed by atoms with Crippen molar-refractivity contribution in [2.75, 3.05) is 5.32 Å². The molecular formula is C16H13FN4OS. The summed E-state index contributed by atoms with van der Waals surface area (Å²) in [6.45, 7) is 3.57. The Morgan fingerprint density at radius 3 is 2.43 bits per heavy atom. The second-order valence-corrected chi connectivity index (χ2v) is 6.10. The molecule has 0 spiro atoms. The van der Waals surface area contributed by atoms with Gasteiger partial charge in [0.15, 0.2) is 0 Å². The highest BCUT2D eigenvalue weighted by Gasteiger charge is 2.13. The van der Waals surface area contributed by atoms with Crippen molar-refractivity contribution in [2.24, 2.45) is 0 Å². The number of hydrogen-bond acceptors (Lipinski definition) is 5. The van der Waals surface area contributed by atoms with Crippen LogP contribution in [0.4, 0.5) is 9.52 Å². The van der Waals surface area contributed by atoms with Gasteiger partial charge >= 0.3 is 0 Å². The molecule has 0 radical (unpaired) electrons. The van der Waals surface area contributed by atoms with E-state index in [1.54, 1.807) is 31.2 Å². The van der Waals surface area contributed by atoms with Crippen LogP contribution in [0.5, 0.6) is 0 Å². The largest absolute Gasteiger partial charge is 0.296 e. The van der Waals surface area contributed by atoms with Crippen LogP contribution in [0.25, 0.3) is 11.3 Å². The summed E-state index contributed by atoms with van der Waals surface area (Å²) < 4.78 is 13.0. The van der Waals surface area contributed by atoms with Gasteiger partial charge < -0.3 is 0 Å². The number of anilines is 1. The number of halogens is 1. The van der Waals surface area contributed by atoms with E-state index in [2.05, 4.69) is 20.5 Å². The maximum Gasteiger partial charge on any atom is 0.259 e. The van der Waals surface area contributed by atoms with Crippen LogP contribution in [0.1, 0.15) is 21.1 Å². The van der Waals surface area contributed by atoms with Gasteiger partial charge in [0.25, 0.3) is 5.91 Å². The van der Waals surface area contributed by atoms with E-state index < -0.39 is 0 Å². The van der Waals surface area contributed by atoms with E-state index in [1.807, 2.05) is 6.92 Å². The van der Waals surface area contributed by atoms with Crippen LogP contribution in [0, 0.1) is 19.7 Å². The minimum Gasteiger partial charge on any atom is -0.296 e. The Kier molecular flexibility index (Phi) is 4.12. The van der Waals surface area contributed by atoms with E-state index in [-0.39, 0.29) is 11.7 Å². The van der Waals surface area contributed by atoms with Crippen LogP contribution in [0.15, 0.2) is 36.4 Å². The Bertz CT molecular complexity index is 861. The number of carbonyl (C=O) groups is 1. The van der Waals surface area contributed by atoms with Gasteiger partial charge in [-0.25, -0.2) is 4.39 Å². The maximum absolute atomic E-state index is 13.0. The lowest BCUT2D eigenvalue weighted by Crippen LogP contribution is -2.14. The van der Waals surface area contributed by atoms with Crippen LogP contribution < -0.4 is 5.32 Å². The zero-order valence-electron chi connectivity index (χ0n) is 12.5. The number of nitrogens with zero attached hydrogens (tertiary/aromatic N) is 3. The van der Waals surface area contributed by atoms with Gasteiger partial charge in [0.1, 0.15) is 10.8 Å². The molecule has 0 atom stereocenters. The predicted molar refractivity (Wildman–Crippen MR) is 87.0 cm³/mol. The second-order valence-electron chi connectivity index (χ2n) is 4.92. The molecule has 23 heavy (non-hydrogen) atoms. The summed E-state index contributed by atoms with van der Waals surface area (Å²) in [5, 5.41) is 11.7. The SMILES string of the molecule is Cc1nnc(NC(=O)c2ccc(-c3ccc(F)cc3)nc2C)s1. The number of pyridine rings is 1. The molecule has 0 saturated carbocycles. The first-order valence-corrected chi connectivity index (χ1v) is 7.69. The molecule has 2 heterocycles. The molecule has 3 rings (SSSR count). The van der Waals surface area contributed by atoms with Crippen LogP contribution in [0.2, 0.25) is 0 Å². The number of rotatable bonds is 3. The summed E-state index contributed by atoms with van der Waals surface area (Å²) in [4.78, 5) is 16.7. The fourth-order valence-corrected chi connectivity index (χ4v) is 2.68. The summed E-state index contributed by atoms with van der Waals surface area (Å²) in [5.74, 6) is -0.578. The van der Waals surface area contributed by atoms with Gasteiger partial charge in [0.05, 0.1) is 17.0 Å². The van der Waals surface area contributed by atoms with E-state index in [1.165, 1.54) is 23.5 Å². The van der Waals surface area contributed by atoms with E-state index >= 15 is 0 Å². The third-order valence-electron chi connectivity index (χ3n) is 3.22. The van der Waals surface area contributed by atoms with Crippen LogP contribution in [-0.2, 0) is 0 Å². The summed E-state index contributed by atoms with van der Waals surface area (Å²) in [7, 11) is 0. The van der Waals surface area contributed by atoms with Gasteiger partial charge in [-0.05, 0) is 50.2 Å². The van der Waals surface area contributed by atoms with Crippen molar-refractivity contribution >= 4 is 22.4 Å². The number of amides is 1. The van der Waals surface area contributed by atoms with Crippen LogP contribution in [-0.4, -0.2) is 21.1 Å². The lowest BCUT2D eigenvalue weighted by Gasteiger charge is -2.07. The molecule has 3 aromatic rings. The standard InChI is InChI=1S/C16H13FN4OS/c1-9-13(15(22)19-16-21-20-10(2)23-16)7-8-14(18-9)11-3-5-12(17)6-4-11/h3-8H,1-2H3,(H,19,21,22). The molecule has 1 amide bonds. The number of aryl methyl sites for hydroxylation is 2. The smallest absolute Gasteiger partial charge is 0.259 e. The number of nitrogens with one attached hydrogen (secondary N) is 1. The van der Waals surface area contributed by atoms with Crippen LogP contribution >= 0.6 is 11.3 Å². The van der Waals surface area contributed by atoms with E-state index in [0.29, 0.717) is 22.1 Å². The Balaban J connectivity index is 1.84. The predicted octanol–water partition coefficient (Wildman–Crippen LogP) is 3.61. The number of aromatic nitrogens is 3. The molecule has 0 saturated heterocycles. The first-order chi connectivity index (χ1) is 11.0. The van der Waals surface area contributed by atoms with Crippen molar-refractivity contribution in [1.29, 1.82) is 0 Å². The fourth-order valence-electron chi connectivity index (χ4n) is 2.09. The summed E-state index contributed by atoms with van der Waals surface area (Å²) in [6.07, 6.45) is 0. The summed E-state index contributed by atoms with van der Waals surface area (Å²) >= 11 is 1.31. The Morgan fingerprint density at radius 2 is 1.83 bits per heavy atom. The molecule has 0 aliphatic rings. The van der Waals surface area contributed by atoms with Crippen molar-refractivity contribution in [2.45, 2.75) is 13.8 Å². The second kappa shape index (κ2) is 6.21. The zero-order chi connectivity index (χ0) is 16.4. The Hall–Kier alpha value is -2.67. The van der Waals surface area contributed by atoms with Crippen molar-refractivity contribution in [1.82, 2.24) is 15.2 Å². The van der Waals surface area contributed by atoms with Gasteiger partial charge in [-0.1, -0.05) is 11.3 Å². The topological polar surface area (TPSA) is 67.8 Å². The first-order valence-electron chi connectivity index (χ1n) is 6.88. The van der Waals surface area contributed by atoms with Gasteiger partial charge in [-0.15, -0.1) is 10.2 Å². The molecule has 5 nitrogen and oxygen atoms in total. The van der Waals surface area contributed by atoms with E-state index in [9.17, 15) is 9.18 Å². The third-order valence-corrected chi connectivity index (χ3v) is 3.97. The fraction of sp³-hybridized carbons (Fsp3) is 0.125. The highest BCUT2D eigenvalue weighted by atomic mass is 32.1. The minimum absolute atomic E-state index is 0.281. The molecular weight excluding hydrogens is 315 g/mol. The Morgan fingerprint density at radius 1 is 1.09 bits per heavy atom. The van der Waals surface area contributed by atoms with Crippen molar-refractivity contribution in [3.63, 3.8) is 0 Å². The van der Waals surface area contributed by atoms with E-state index in [4.69, 9.17) is 0 Å². The lowest BCUT2D eigenvalue weighted by molar-refractivity contribution is 0.102. The number of hydrogen-bond donors (Lipinski definition) is 1. The quantitative estimate of drug-likeness (QED) is 0.797. The lowest BCUT2D eigenvalue weighted by atomic mass is 10.1. The number of carbonyl (C=O) groups excluding carboxylic acids is 1. The Labute approximate surface area is 136 Å². The average molecular weight is 328 g/mol. The number of benzene rings is 1. The monoisotopic (exact) mass is 328 g/mol. The average Bonchev–Trinajstić information content (AvgIpc) is 2.92. The molecule has 1 aromatic carbocycles. The molecule has 0 fully saturated rings. The molecule has 0 aliphatic carbocycles. The third kappa shape index (κ3) is 3.40. The molecule has 0 unspecified atom stereocenters. The van der Waals surface area contributed by atoms with Gasteiger partial charge in [-0.2, -0.15) is 0 Å². The molecule has 7 heteroatoms. The normalized spacial score (nSPS) is 10.6. The van der Waals surface area contributed by atoms with Crippen molar-refractivity contribution in [3.05, 3.63) is 58.5 Å². The van der Waals surface area contributed by atoms with Gasteiger partial charge in [0.2, 0.25) is 5.13 Å². The van der Waals surface area contributed by atoms with Gasteiger partial charge in [-0.3, -0.25) is 15.1 Å². The molecule has 0 aliphatic heterocycles. The molecule has 116 valence electrons. The van der Waals surface area contributed by atoms with E-state index in [0.717, 1.165) is 10.6 Å². The van der Waals surface area contributed by atoms with Gasteiger partial charge in [0, 0.05) is 5.56 Å². The highest BCUT2D eigenvalue weighted by molar-refractivity contribution is 7.15. The molecule has 1 N–H and O–H groups in total.